The lowest BCUT2D eigenvalue weighted by Crippen LogP contribution is -2.33. The van der Waals surface area contributed by atoms with Crippen LogP contribution in [0, 0.1) is 0 Å². The molecule has 2 amide bonds. The average Bonchev–Trinajstić information content (AvgIpc) is 2.45. The first-order chi connectivity index (χ1) is 10.0. The summed E-state index contributed by atoms with van der Waals surface area (Å²) in [5, 5.41) is 2.63. The molecule has 0 saturated heterocycles. The van der Waals surface area contributed by atoms with Crippen LogP contribution in [0.4, 0.5) is 0 Å². The Morgan fingerprint density at radius 3 is 2.52 bits per heavy atom. The van der Waals surface area contributed by atoms with Gasteiger partial charge in [0, 0.05) is 6.42 Å². The van der Waals surface area contributed by atoms with Gasteiger partial charge < -0.3 is 15.8 Å². The Balaban J connectivity index is 2.38. The molecule has 21 heavy (non-hydrogen) atoms. The fourth-order valence-electron chi connectivity index (χ4n) is 1.95. The molecule has 1 rings (SSSR count). The minimum absolute atomic E-state index is 0.190. The minimum Gasteiger partial charge on any atom is -0.375 e. The maximum Gasteiger partial charge on any atom is 0.217 e. The Morgan fingerprint density at radius 2 is 2.00 bits per heavy atom. The minimum atomic E-state index is -0.378. The Bertz CT molecular complexity index is 443. The van der Waals surface area contributed by atoms with Gasteiger partial charge >= 0.3 is 0 Å². The van der Waals surface area contributed by atoms with Gasteiger partial charge in [-0.2, -0.15) is 0 Å². The maximum atomic E-state index is 10.8. The molecule has 0 aliphatic rings. The summed E-state index contributed by atoms with van der Waals surface area (Å²) in [4.78, 5) is 21.3. The van der Waals surface area contributed by atoms with Gasteiger partial charge in [0.25, 0.3) is 0 Å². The van der Waals surface area contributed by atoms with Gasteiger partial charge in [-0.3, -0.25) is 9.59 Å². The summed E-state index contributed by atoms with van der Waals surface area (Å²) in [5.74, 6) is 0.131. The van der Waals surface area contributed by atoms with Crippen molar-refractivity contribution in [1.82, 2.24) is 5.32 Å². The second kappa shape index (κ2) is 9.13. The largest absolute Gasteiger partial charge is 0.375 e. The average molecular weight is 292 g/mol. The van der Waals surface area contributed by atoms with Crippen LogP contribution in [-0.2, 0) is 20.9 Å². The molecule has 0 radical (unpaired) electrons. The number of hydrogen-bond donors (Lipinski definition) is 2. The van der Waals surface area contributed by atoms with Crippen LogP contribution in [0.5, 0.6) is 0 Å². The van der Waals surface area contributed by atoms with Crippen LogP contribution < -0.4 is 11.1 Å². The van der Waals surface area contributed by atoms with E-state index in [-0.39, 0.29) is 18.4 Å². The highest BCUT2D eigenvalue weighted by Crippen LogP contribution is 2.15. The maximum absolute atomic E-state index is 10.8. The van der Waals surface area contributed by atoms with Gasteiger partial charge in [0.15, 0.2) is 0 Å². The number of nitrogens with one attached hydrogen (secondary N) is 1. The smallest absolute Gasteiger partial charge is 0.217 e. The lowest BCUT2D eigenvalue weighted by atomic mass is 10.0. The van der Waals surface area contributed by atoms with Gasteiger partial charge in [0.2, 0.25) is 12.3 Å². The number of rotatable bonds is 10. The number of primary amides is 1. The summed E-state index contributed by atoms with van der Waals surface area (Å²) in [6, 6.07) is 8.08. The number of amides is 2. The predicted molar refractivity (Wildman–Crippen MR) is 81.6 cm³/mol. The first-order valence-electron chi connectivity index (χ1n) is 7.17. The van der Waals surface area contributed by atoms with Crippen LogP contribution in [0.2, 0.25) is 0 Å². The molecule has 0 aliphatic carbocycles. The van der Waals surface area contributed by atoms with Crippen LogP contribution in [0.3, 0.4) is 0 Å². The number of carbonyl (C=O) groups is 2. The molecule has 1 aromatic carbocycles. The Hall–Kier alpha value is -1.88. The molecule has 5 nitrogen and oxygen atoms in total. The van der Waals surface area contributed by atoms with Crippen molar-refractivity contribution in [3.8, 4) is 0 Å². The third-order valence-electron chi connectivity index (χ3n) is 3.28. The second-order valence-corrected chi connectivity index (χ2v) is 5.40. The van der Waals surface area contributed by atoms with E-state index in [4.69, 9.17) is 10.5 Å². The van der Waals surface area contributed by atoms with Gasteiger partial charge in [-0.1, -0.05) is 38.1 Å². The third-order valence-corrected chi connectivity index (χ3v) is 3.28. The molecule has 0 heterocycles. The van der Waals surface area contributed by atoms with Crippen molar-refractivity contribution in [1.29, 1.82) is 0 Å². The predicted octanol–water partition coefficient (Wildman–Crippen LogP) is 1.71. The van der Waals surface area contributed by atoms with E-state index in [2.05, 4.69) is 31.3 Å². The van der Waals surface area contributed by atoms with Crippen LogP contribution in [-0.4, -0.2) is 25.0 Å². The highest BCUT2D eigenvalue weighted by molar-refractivity contribution is 5.73. The third kappa shape index (κ3) is 6.90. The molecule has 1 unspecified atom stereocenters. The second-order valence-electron chi connectivity index (χ2n) is 5.40. The molecule has 0 aliphatic heterocycles. The van der Waals surface area contributed by atoms with E-state index in [0.717, 1.165) is 5.56 Å². The van der Waals surface area contributed by atoms with Crippen LogP contribution in [0.25, 0.3) is 0 Å². The number of ether oxygens (including phenoxy) is 1. The number of nitrogens with two attached hydrogens (primary N) is 1. The molecule has 3 N–H and O–H groups in total. The molecular formula is C16H24N2O3. The molecule has 116 valence electrons. The molecule has 5 heteroatoms. The Morgan fingerprint density at radius 1 is 1.33 bits per heavy atom. The van der Waals surface area contributed by atoms with Crippen LogP contribution in [0.1, 0.15) is 43.7 Å². The normalized spacial score (nSPS) is 12.1. The summed E-state index contributed by atoms with van der Waals surface area (Å²) < 4.78 is 5.59. The monoisotopic (exact) mass is 292 g/mol. The summed E-state index contributed by atoms with van der Waals surface area (Å²) in [5.41, 5.74) is 7.47. The first-order valence-corrected chi connectivity index (χ1v) is 7.17. The van der Waals surface area contributed by atoms with Crippen molar-refractivity contribution in [2.24, 2.45) is 5.73 Å². The van der Waals surface area contributed by atoms with Crippen molar-refractivity contribution in [3.05, 3.63) is 35.4 Å². The molecule has 0 aromatic heterocycles. The fraction of sp³-hybridized carbons (Fsp3) is 0.500. The van der Waals surface area contributed by atoms with Gasteiger partial charge in [-0.05, 0) is 23.5 Å². The summed E-state index contributed by atoms with van der Waals surface area (Å²) >= 11 is 0. The van der Waals surface area contributed by atoms with E-state index in [1.165, 1.54) is 5.56 Å². The zero-order valence-electron chi connectivity index (χ0n) is 12.7. The zero-order chi connectivity index (χ0) is 15.7. The standard InChI is InChI=1S/C16H24N2O3/c1-12(2)14-5-3-13(4-6-14)9-21-10-15(18-11-19)7-8-16(17)20/h3-6,11-12,15H,7-10H2,1-2H3,(H2,17,20)(H,18,19). The van der Waals surface area contributed by atoms with Gasteiger partial charge in [-0.25, -0.2) is 0 Å². The van der Waals surface area contributed by atoms with E-state index in [1.807, 2.05) is 12.1 Å². The Labute approximate surface area is 125 Å². The quantitative estimate of drug-likeness (QED) is 0.644. The summed E-state index contributed by atoms with van der Waals surface area (Å²) in [6.07, 6.45) is 1.34. The molecular weight excluding hydrogens is 268 g/mol. The van der Waals surface area contributed by atoms with Crippen molar-refractivity contribution in [2.75, 3.05) is 6.61 Å². The van der Waals surface area contributed by atoms with Gasteiger partial charge in [0.1, 0.15) is 0 Å². The van der Waals surface area contributed by atoms with Gasteiger partial charge in [0.05, 0.1) is 19.3 Å². The van der Waals surface area contributed by atoms with E-state index < -0.39 is 0 Å². The van der Waals surface area contributed by atoms with Crippen LogP contribution >= 0.6 is 0 Å². The lowest BCUT2D eigenvalue weighted by Gasteiger charge is -2.15. The van der Waals surface area contributed by atoms with E-state index in [9.17, 15) is 9.59 Å². The van der Waals surface area contributed by atoms with Crippen molar-refractivity contribution < 1.29 is 14.3 Å². The highest BCUT2D eigenvalue weighted by Gasteiger charge is 2.09. The SMILES string of the molecule is CC(C)c1ccc(COCC(CCC(N)=O)NC=O)cc1. The van der Waals surface area contributed by atoms with Gasteiger partial charge in [-0.15, -0.1) is 0 Å². The van der Waals surface area contributed by atoms with Crippen molar-refractivity contribution in [3.63, 3.8) is 0 Å². The molecule has 0 bridgehead atoms. The lowest BCUT2D eigenvalue weighted by molar-refractivity contribution is -0.118. The fourth-order valence-corrected chi connectivity index (χ4v) is 1.95. The topological polar surface area (TPSA) is 81.4 Å². The van der Waals surface area contributed by atoms with E-state index >= 15 is 0 Å². The molecule has 0 fully saturated rings. The number of carbonyl (C=O) groups excluding carboxylic acids is 2. The molecule has 1 atom stereocenters. The van der Waals surface area contributed by atoms with Crippen LogP contribution in [0.15, 0.2) is 24.3 Å². The first kappa shape index (κ1) is 17.2. The Kier molecular flexibility index (Phi) is 7.46. The number of hydrogen-bond acceptors (Lipinski definition) is 3. The summed E-state index contributed by atoms with van der Waals surface area (Å²) in [7, 11) is 0. The zero-order valence-corrected chi connectivity index (χ0v) is 12.7. The van der Waals surface area contributed by atoms with Crippen molar-refractivity contribution >= 4 is 12.3 Å². The highest BCUT2D eigenvalue weighted by atomic mass is 16.5. The number of benzene rings is 1. The van der Waals surface area contributed by atoms with Crippen molar-refractivity contribution in [2.45, 2.75) is 45.3 Å². The van der Waals surface area contributed by atoms with E-state index in [0.29, 0.717) is 32.0 Å². The molecule has 0 spiro atoms. The van der Waals surface area contributed by atoms with E-state index in [1.54, 1.807) is 0 Å². The molecule has 0 saturated carbocycles. The molecule has 1 aromatic rings. The summed E-state index contributed by atoms with van der Waals surface area (Å²) in [6.45, 7) is 5.14.